The third-order valence-corrected chi connectivity index (χ3v) is 6.63. The summed E-state index contributed by atoms with van der Waals surface area (Å²) in [5.74, 6) is 1.33. The molecule has 25 heavy (non-hydrogen) atoms. The van der Waals surface area contributed by atoms with Crippen LogP contribution in [0.25, 0.3) is 0 Å². The van der Waals surface area contributed by atoms with Crippen LogP contribution in [0.1, 0.15) is 70.6 Å². The number of piperidine rings is 1. The number of rotatable bonds is 6. The predicted molar refractivity (Wildman–Crippen MR) is 100 cm³/mol. The Morgan fingerprint density at radius 1 is 1.16 bits per heavy atom. The molecule has 1 atom stereocenters. The molecule has 3 rings (SSSR count). The van der Waals surface area contributed by atoms with E-state index in [2.05, 4.69) is 11.5 Å². The standard InChI is InChI=1S/C21H34N2O2/c1-2-3-10-19(24)23-16-13-21(17-23)12-7-14-22(20(21)25)15-11-18-8-5-4-6-9-18/h2,18H,1,3-17H2. The maximum Gasteiger partial charge on any atom is 0.230 e. The summed E-state index contributed by atoms with van der Waals surface area (Å²) in [6.07, 6.45) is 13.9. The van der Waals surface area contributed by atoms with Crippen LogP contribution in [-0.4, -0.2) is 47.8 Å². The summed E-state index contributed by atoms with van der Waals surface area (Å²) < 4.78 is 0. The minimum absolute atomic E-state index is 0.184. The second-order valence-corrected chi connectivity index (χ2v) is 8.36. The van der Waals surface area contributed by atoms with E-state index in [-0.39, 0.29) is 11.3 Å². The van der Waals surface area contributed by atoms with Gasteiger partial charge in [0.15, 0.2) is 0 Å². The fourth-order valence-electron chi connectivity index (χ4n) is 5.03. The number of nitrogens with zero attached hydrogens (tertiary/aromatic N) is 2. The molecule has 2 saturated heterocycles. The molecule has 1 saturated carbocycles. The van der Waals surface area contributed by atoms with E-state index >= 15 is 0 Å². The number of likely N-dealkylation sites (tertiary alicyclic amines) is 2. The molecule has 0 bridgehead atoms. The lowest BCUT2D eigenvalue weighted by atomic mass is 9.78. The van der Waals surface area contributed by atoms with Gasteiger partial charge in [-0.25, -0.2) is 0 Å². The topological polar surface area (TPSA) is 40.6 Å². The summed E-state index contributed by atoms with van der Waals surface area (Å²) in [6, 6.07) is 0. The maximum atomic E-state index is 13.2. The molecule has 0 aromatic rings. The minimum Gasteiger partial charge on any atom is -0.342 e. The van der Waals surface area contributed by atoms with Gasteiger partial charge in [0, 0.05) is 32.6 Å². The Balaban J connectivity index is 1.54. The molecule has 2 aliphatic heterocycles. The van der Waals surface area contributed by atoms with E-state index < -0.39 is 0 Å². The highest BCUT2D eigenvalue weighted by Gasteiger charge is 2.49. The lowest BCUT2D eigenvalue weighted by Gasteiger charge is -2.40. The molecule has 0 N–H and O–H groups in total. The van der Waals surface area contributed by atoms with Crippen LogP contribution in [0.2, 0.25) is 0 Å². The number of carbonyl (C=O) groups excluding carboxylic acids is 2. The van der Waals surface area contributed by atoms with Crippen LogP contribution in [0.4, 0.5) is 0 Å². The zero-order valence-corrected chi connectivity index (χ0v) is 15.7. The van der Waals surface area contributed by atoms with Crippen molar-refractivity contribution in [2.45, 2.75) is 70.6 Å². The van der Waals surface area contributed by atoms with Crippen molar-refractivity contribution in [1.29, 1.82) is 0 Å². The molecule has 3 aliphatic rings. The van der Waals surface area contributed by atoms with Gasteiger partial charge in [-0.3, -0.25) is 9.59 Å². The van der Waals surface area contributed by atoms with Gasteiger partial charge in [-0.05, 0) is 38.0 Å². The Bertz CT molecular complexity index is 498. The number of hydrogen-bond donors (Lipinski definition) is 0. The normalized spacial score (nSPS) is 27.9. The van der Waals surface area contributed by atoms with Crippen LogP contribution < -0.4 is 0 Å². The maximum absolute atomic E-state index is 13.2. The number of allylic oxidation sites excluding steroid dienone is 1. The first-order chi connectivity index (χ1) is 12.1. The van der Waals surface area contributed by atoms with Gasteiger partial charge in [-0.15, -0.1) is 6.58 Å². The van der Waals surface area contributed by atoms with Crippen LogP contribution in [0.15, 0.2) is 12.7 Å². The summed E-state index contributed by atoms with van der Waals surface area (Å²) in [5.41, 5.74) is -0.283. The molecule has 1 spiro atoms. The van der Waals surface area contributed by atoms with Crippen molar-refractivity contribution in [1.82, 2.24) is 9.80 Å². The summed E-state index contributed by atoms with van der Waals surface area (Å²) in [5, 5.41) is 0. The fourth-order valence-corrected chi connectivity index (χ4v) is 5.03. The molecule has 0 radical (unpaired) electrons. The smallest absolute Gasteiger partial charge is 0.230 e. The Morgan fingerprint density at radius 2 is 1.96 bits per heavy atom. The SMILES string of the molecule is C=CCCC(=O)N1CCC2(CCCN(CCC3CCCCC3)C2=O)C1. The monoisotopic (exact) mass is 346 g/mol. The molecule has 0 aromatic heterocycles. The Morgan fingerprint density at radius 3 is 2.72 bits per heavy atom. The quantitative estimate of drug-likeness (QED) is 0.687. The number of hydrogen-bond acceptors (Lipinski definition) is 2. The van der Waals surface area contributed by atoms with Crippen LogP contribution in [0, 0.1) is 11.3 Å². The Labute approximate surface area is 152 Å². The van der Waals surface area contributed by atoms with Crippen LogP contribution in [0.5, 0.6) is 0 Å². The van der Waals surface area contributed by atoms with Gasteiger partial charge < -0.3 is 9.80 Å². The molecular weight excluding hydrogens is 312 g/mol. The van der Waals surface area contributed by atoms with E-state index in [9.17, 15) is 9.59 Å². The molecule has 3 fully saturated rings. The van der Waals surface area contributed by atoms with Gasteiger partial charge in [0.25, 0.3) is 0 Å². The van der Waals surface area contributed by atoms with Crippen LogP contribution >= 0.6 is 0 Å². The first-order valence-electron chi connectivity index (χ1n) is 10.3. The summed E-state index contributed by atoms with van der Waals surface area (Å²) in [4.78, 5) is 29.5. The average molecular weight is 347 g/mol. The van der Waals surface area contributed by atoms with Crippen molar-refractivity contribution < 1.29 is 9.59 Å². The summed E-state index contributed by atoms with van der Waals surface area (Å²) in [7, 11) is 0. The van der Waals surface area contributed by atoms with Crippen molar-refractivity contribution in [3.05, 3.63) is 12.7 Å². The highest BCUT2D eigenvalue weighted by atomic mass is 16.2. The van der Waals surface area contributed by atoms with Gasteiger partial charge >= 0.3 is 0 Å². The minimum atomic E-state index is -0.283. The first kappa shape index (κ1) is 18.5. The van der Waals surface area contributed by atoms with Crippen molar-refractivity contribution in [3.8, 4) is 0 Å². The molecular formula is C21H34N2O2. The van der Waals surface area contributed by atoms with E-state index in [1.165, 1.54) is 38.5 Å². The highest BCUT2D eigenvalue weighted by molar-refractivity contribution is 5.86. The Hall–Kier alpha value is -1.32. The van der Waals surface area contributed by atoms with E-state index in [4.69, 9.17) is 0 Å². The zero-order chi connectivity index (χ0) is 17.7. The summed E-state index contributed by atoms with van der Waals surface area (Å²) >= 11 is 0. The largest absolute Gasteiger partial charge is 0.342 e. The molecule has 4 nitrogen and oxygen atoms in total. The second-order valence-electron chi connectivity index (χ2n) is 8.36. The highest BCUT2D eigenvalue weighted by Crippen LogP contribution is 2.40. The van der Waals surface area contributed by atoms with Gasteiger partial charge in [-0.1, -0.05) is 38.2 Å². The van der Waals surface area contributed by atoms with Crippen molar-refractivity contribution in [3.63, 3.8) is 0 Å². The number of carbonyl (C=O) groups is 2. The van der Waals surface area contributed by atoms with Gasteiger partial charge in [0.1, 0.15) is 0 Å². The molecule has 1 aliphatic carbocycles. The number of amides is 2. The van der Waals surface area contributed by atoms with Crippen LogP contribution in [-0.2, 0) is 9.59 Å². The van der Waals surface area contributed by atoms with Crippen molar-refractivity contribution in [2.24, 2.45) is 11.3 Å². The molecule has 1 unspecified atom stereocenters. The van der Waals surface area contributed by atoms with Gasteiger partial charge in [0.2, 0.25) is 11.8 Å². The van der Waals surface area contributed by atoms with E-state index in [0.29, 0.717) is 18.9 Å². The molecule has 4 heteroatoms. The van der Waals surface area contributed by atoms with Gasteiger partial charge in [0.05, 0.1) is 5.41 Å². The lowest BCUT2D eigenvalue weighted by molar-refractivity contribution is -0.146. The average Bonchev–Trinajstić information content (AvgIpc) is 3.07. The Kier molecular flexibility index (Phi) is 6.19. The summed E-state index contributed by atoms with van der Waals surface area (Å²) in [6.45, 7) is 6.92. The van der Waals surface area contributed by atoms with E-state index in [0.717, 1.165) is 51.2 Å². The molecule has 0 aromatic carbocycles. The second kappa shape index (κ2) is 8.37. The fraction of sp³-hybridized carbons (Fsp3) is 0.810. The van der Waals surface area contributed by atoms with Gasteiger partial charge in [-0.2, -0.15) is 0 Å². The zero-order valence-electron chi connectivity index (χ0n) is 15.7. The molecule has 2 amide bonds. The predicted octanol–water partition coefficient (Wildman–Crippen LogP) is 3.76. The molecule has 140 valence electrons. The third-order valence-electron chi connectivity index (χ3n) is 6.63. The van der Waals surface area contributed by atoms with E-state index in [1.54, 1.807) is 6.08 Å². The molecule has 2 heterocycles. The van der Waals surface area contributed by atoms with Crippen molar-refractivity contribution in [2.75, 3.05) is 26.2 Å². The lowest BCUT2D eigenvalue weighted by Crippen LogP contribution is -2.50. The van der Waals surface area contributed by atoms with Crippen molar-refractivity contribution >= 4 is 11.8 Å². The third kappa shape index (κ3) is 4.27. The van der Waals surface area contributed by atoms with Crippen LogP contribution in [0.3, 0.4) is 0 Å². The van der Waals surface area contributed by atoms with E-state index in [1.807, 2.05) is 4.90 Å². The first-order valence-corrected chi connectivity index (χ1v) is 10.3.